The summed E-state index contributed by atoms with van der Waals surface area (Å²) in [6, 6.07) is 18.2. The quantitative estimate of drug-likeness (QED) is 0.289. The molecule has 0 bridgehead atoms. The summed E-state index contributed by atoms with van der Waals surface area (Å²) < 4.78 is 22.5. The Morgan fingerprint density at radius 1 is 0.955 bits per heavy atom. The smallest absolute Gasteiger partial charge is 0.214 e. The van der Waals surface area contributed by atoms with E-state index in [1.54, 1.807) is 0 Å². The molecule has 0 atom stereocenters. The molecule has 6 heteroatoms. The summed E-state index contributed by atoms with van der Waals surface area (Å²) in [5.74, 6) is 0.833. The van der Waals surface area contributed by atoms with Crippen molar-refractivity contribution in [1.82, 2.24) is 0 Å². The van der Waals surface area contributed by atoms with E-state index in [0.29, 0.717) is 0 Å². The van der Waals surface area contributed by atoms with Crippen molar-refractivity contribution < 1.29 is 48.1 Å². The summed E-state index contributed by atoms with van der Waals surface area (Å²) in [5, 5.41) is 0. The van der Waals surface area contributed by atoms with Crippen molar-refractivity contribution in [2.24, 2.45) is 0 Å². The summed E-state index contributed by atoms with van der Waals surface area (Å²) in [7, 11) is 0. The van der Waals surface area contributed by atoms with Crippen molar-refractivity contribution in [3.8, 4) is 0 Å². The van der Waals surface area contributed by atoms with Gasteiger partial charge in [0.05, 0.1) is 0 Å². The maximum atomic E-state index is 7.50. The van der Waals surface area contributed by atoms with Crippen LogP contribution in [0.25, 0.3) is 0 Å². The standard InChI is InChI=1S/C6H7.C5H5.C2H6S.3CO.Fe.Mn/c1-6-4-2-3-5-6;1-2-4-5-3-1;1-2-3;3*1-2;;/h2-5H,1H3;1-5H;3H,2H2,1H3;;;;;/q2*-1;;;;;;+2/p-1. The SMILES string of the molecule is CC[S-].Cc1ccc[cH-]1.[C-]#[O+].[C-]#[O+].[C-]#[O+].[Fe].[Mn+2].c1cc[cH-]c1. The Morgan fingerprint density at radius 2 is 1.32 bits per heavy atom. The van der Waals surface area contributed by atoms with Crippen molar-refractivity contribution in [3.63, 3.8) is 0 Å². The van der Waals surface area contributed by atoms with Crippen molar-refractivity contribution in [2.45, 2.75) is 13.8 Å². The first-order valence-electron chi connectivity index (χ1n) is 5.35. The normalized spacial score (nSPS) is 5.32. The van der Waals surface area contributed by atoms with Crippen LogP contribution < -0.4 is 0 Å². The number of rotatable bonds is 0. The predicted octanol–water partition coefficient (Wildman–Crippen LogP) is 3.56. The maximum Gasteiger partial charge on any atom is 2.00 e. The Bertz CT molecular complexity index is 350. The van der Waals surface area contributed by atoms with Crippen LogP contribution in [0, 0.1) is 26.9 Å². The first-order valence-corrected chi connectivity index (χ1v) is 5.93. The van der Waals surface area contributed by atoms with Gasteiger partial charge in [-0.1, -0.05) is 13.8 Å². The van der Waals surface area contributed by atoms with Crippen LogP contribution in [0.3, 0.4) is 0 Å². The molecule has 1 radical (unpaired) electrons. The molecule has 0 spiro atoms. The van der Waals surface area contributed by atoms with Crippen LogP contribution in [0.15, 0.2) is 54.6 Å². The fraction of sp³-hybridized carbons (Fsp3) is 0.188. The third-order valence-corrected chi connectivity index (χ3v) is 1.38. The van der Waals surface area contributed by atoms with E-state index in [-0.39, 0.29) is 34.1 Å². The largest absolute Gasteiger partial charge is 2.00 e. The Morgan fingerprint density at radius 3 is 1.41 bits per heavy atom. The van der Waals surface area contributed by atoms with Crippen LogP contribution in [-0.2, 0) is 60.7 Å². The van der Waals surface area contributed by atoms with E-state index in [9.17, 15) is 0 Å². The van der Waals surface area contributed by atoms with Crippen molar-refractivity contribution in [1.29, 1.82) is 0 Å². The third kappa shape index (κ3) is 50.6. The topological polar surface area (TPSA) is 59.7 Å². The van der Waals surface area contributed by atoms with Gasteiger partial charge < -0.3 is 12.6 Å². The molecule has 0 aliphatic heterocycles. The van der Waals surface area contributed by atoms with Gasteiger partial charge in [0.2, 0.25) is 0 Å². The van der Waals surface area contributed by atoms with Crippen molar-refractivity contribution in [2.75, 3.05) is 5.75 Å². The molecule has 0 fully saturated rings. The molecular weight excluding hydrogens is 383 g/mol. The fourth-order valence-electron chi connectivity index (χ4n) is 0.791. The second kappa shape index (κ2) is 50.0. The summed E-state index contributed by atoms with van der Waals surface area (Å²) in [6.07, 6.45) is 0. The van der Waals surface area contributed by atoms with Crippen molar-refractivity contribution >= 4 is 12.6 Å². The summed E-state index contributed by atoms with van der Waals surface area (Å²) >= 11 is 4.39. The number of aryl methyl sites for hydroxylation is 1. The molecule has 2 aromatic carbocycles. The predicted molar refractivity (Wildman–Crippen MR) is 78.5 cm³/mol. The van der Waals surface area contributed by atoms with Gasteiger partial charge in [-0.05, 0) is 0 Å². The van der Waals surface area contributed by atoms with Crippen LogP contribution in [0.1, 0.15) is 12.5 Å². The average Bonchev–Trinajstić information content (AvgIpc) is 3.22. The molecule has 2 aromatic rings. The van der Waals surface area contributed by atoms with Gasteiger partial charge in [0.1, 0.15) is 0 Å². The molecule has 0 saturated carbocycles. The van der Waals surface area contributed by atoms with Gasteiger partial charge >= 0.3 is 51.0 Å². The second-order valence-corrected chi connectivity index (χ2v) is 3.29. The first-order chi connectivity index (χ1) is 9.81. The van der Waals surface area contributed by atoms with Crippen LogP contribution in [0.2, 0.25) is 0 Å². The average molecular weight is 400 g/mol. The van der Waals surface area contributed by atoms with E-state index < -0.39 is 0 Å². The van der Waals surface area contributed by atoms with Gasteiger partial charge in [0.15, 0.2) is 0 Å². The van der Waals surface area contributed by atoms with Gasteiger partial charge in [-0.3, -0.25) is 0 Å². The monoisotopic (exact) mass is 400 g/mol. The molecular formula is C16H17FeMnO3S-. The van der Waals surface area contributed by atoms with E-state index >= 15 is 0 Å². The van der Waals surface area contributed by atoms with Gasteiger partial charge in [-0.2, -0.15) is 41.6 Å². The van der Waals surface area contributed by atoms with Gasteiger partial charge in [0, 0.05) is 17.1 Å². The third-order valence-electron chi connectivity index (χ3n) is 1.38. The van der Waals surface area contributed by atoms with Crippen molar-refractivity contribution in [3.05, 3.63) is 80.1 Å². The van der Waals surface area contributed by atoms with E-state index in [1.165, 1.54) is 5.56 Å². The molecule has 3 nitrogen and oxygen atoms in total. The van der Waals surface area contributed by atoms with E-state index in [1.807, 2.05) is 49.4 Å². The van der Waals surface area contributed by atoms with Gasteiger partial charge in [-0.15, -0.1) is 0 Å². The van der Waals surface area contributed by atoms with E-state index in [2.05, 4.69) is 51.6 Å². The Hall–Kier alpha value is -0.691. The molecule has 0 N–H and O–H groups in total. The molecule has 0 heterocycles. The second-order valence-electron chi connectivity index (χ2n) is 2.71. The minimum absolute atomic E-state index is 0. The number of hydrogen-bond acceptors (Lipinski definition) is 1. The molecule has 0 aliphatic rings. The van der Waals surface area contributed by atoms with E-state index in [4.69, 9.17) is 14.0 Å². The molecule has 22 heavy (non-hydrogen) atoms. The zero-order valence-electron chi connectivity index (χ0n) is 12.3. The molecule has 2 rings (SSSR count). The van der Waals surface area contributed by atoms with Crippen LogP contribution in [-0.4, -0.2) is 5.75 Å². The Kier molecular flexibility index (Phi) is 85.2. The minimum atomic E-state index is 0. The maximum absolute atomic E-state index is 7.50. The van der Waals surface area contributed by atoms with Gasteiger partial charge in [-0.25, -0.2) is 24.3 Å². The zero-order valence-corrected chi connectivity index (χ0v) is 15.4. The molecule has 0 amide bonds. The fourth-order valence-corrected chi connectivity index (χ4v) is 0.791. The first kappa shape index (κ1) is 37.5. The molecule has 121 valence electrons. The van der Waals surface area contributed by atoms with Gasteiger partial charge in [0.25, 0.3) is 0 Å². The molecule has 0 aliphatic carbocycles. The van der Waals surface area contributed by atoms with Crippen LogP contribution >= 0.6 is 0 Å². The zero-order chi connectivity index (χ0) is 16.6. The summed E-state index contributed by atoms with van der Waals surface area (Å²) in [5.41, 5.74) is 1.34. The Balaban J connectivity index is -0.0000000370. The van der Waals surface area contributed by atoms with Crippen LogP contribution in [0.5, 0.6) is 0 Å². The van der Waals surface area contributed by atoms with Crippen LogP contribution in [0.4, 0.5) is 0 Å². The molecule has 0 aromatic heterocycles. The summed E-state index contributed by atoms with van der Waals surface area (Å²) in [6.45, 7) is 17.5. The minimum Gasteiger partial charge on any atom is -0.214 e. The molecule has 0 saturated heterocycles. The molecule has 0 unspecified atom stereocenters. The van der Waals surface area contributed by atoms with E-state index in [0.717, 1.165) is 5.75 Å². The number of hydrogen-bond donors (Lipinski definition) is 0. The Labute approximate surface area is 160 Å². The summed E-state index contributed by atoms with van der Waals surface area (Å²) in [4.78, 5) is 0.